The van der Waals surface area contributed by atoms with Gasteiger partial charge in [-0.1, -0.05) is 29.3 Å². The van der Waals surface area contributed by atoms with E-state index in [0.717, 1.165) is 36.8 Å². The van der Waals surface area contributed by atoms with E-state index in [1.165, 1.54) is 0 Å². The number of aromatic nitrogens is 3. The van der Waals surface area contributed by atoms with E-state index < -0.39 is 29.6 Å². The zero-order valence-electron chi connectivity index (χ0n) is 28.3. The van der Waals surface area contributed by atoms with Crippen molar-refractivity contribution >= 4 is 5.71 Å². The van der Waals surface area contributed by atoms with Gasteiger partial charge in [-0.3, -0.25) is 0 Å². The molecular weight excluding hydrogens is 604 g/mol. The molecule has 0 unspecified atom stereocenters. The number of allylic oxidation sites excluding steroid dienone is 1. The molecule has 0 radical (unpaired) electrons. The van der Waals surface area contributed by atoms with E-state index in [-0.39, 0.29) is 43.1 Å². The first-order valence-electron chi connectivity index (χ1n) is 17.1. The van der Waals surface area contributed by atoms with Crippen LogP contribution in [0.25, 0.3) is 0 Å². The first kappa shape index (κ1) is 35.3. The number of aliphatic hydroxyl groups excluding tert-OH is 2. The van der Waals surface area contributed by atoms with E-state index in [9.17, 15) is 20.4 Å². The van der Waals surface area contributed by atoms with Gasteiger partial charge in [-0.2, -0.15) is 0 Å². The van der Waals surface area contributed by atoms with Crippen molar-refractivity contribution in [3.05, 3.63) is 47.3 Å². The van der Waals surface area contributed by atoms with E-state index in [4.69, 9.17) is 24.2 Å². The second-order valence-electron chi connectivity index (χ2n) is 13.8. The van der Waals surface area contributed by atoms with Crippen LogP contribution in [0.3, 0.4) is 0 Å². The van der Waals surface area contributed by atoms with E-state index in [0.29, 0.717) is 43.2 Å². The Morgan fingerprint density at radius 1 is 1.06 bits per heavy atom. The minimum absolute atomic E-state index is 0.0447. The molecule has 12 heteroatoms. The second kappa shape index (κ2) is 15.0. The summed E-state index contributed by atoms with van der Waals surface area (Å²) in [6.07, 6.45) is 7.90. The summed E-state index contributed by atoms with van der Waals surface area (Å²) in [4.78, 5) is 6.05. The fraction of sp³-hybridized carbons (Fsp3) is 0.686. The van der Waals surface area contributed by atoms with Crippen LogP contribution in [0.5, 0.6) is 11.5 Å². The Bertz CT molecular complexity index is 1400. The van der Waals surface area contributed by atoms with E-state index >= 15 is 0 Å². The van der Waals surface area contributed by atoms with Crippen molar-refractivity contribution in [3.8, 4) is 11.5 Å². The molecule has 1 aliphatic heterocycles. The predicted octanol–water partition coefficient (Wildman–Crippen LogP) is 5.15. The van der Waals surface area contributed by atoms with Crippen LogP contribution < -0.4 is 4.74 Å². The number of rotatable bonds is 15. The van der Waals surface area contributed by atoms with Crippen molar-refractivity contribution in [2.75, 3.05) is 26.4 Å². The molecule has 0 amide bonds. The first-order chi connectivity index (χ1) is 22.6. The van der Waals surface area contributed by atoms with Gasteiger partial charge < -0.3 is 39.5 Å². The molecule has 0 bridgehead atoms. The highest BCUT2D eigenvalue weighted by atomic mass is 16.7. The number of fused-ring (bicyclic) bond motifs is 2. The molecule has 2 heterocycles. The molecule has 0 saturated heterocycles. The third kappa shape index (κ3) is 7.36. The van der Waals surface area contributed by atoms with Crippen LogP contribution in [0.2, 0.25) is 0 Å². The minimum Gasteiger partial charge on any atom is -0.508 e. The summed E-state index contributed by atoms with van der Waals surface area (Å²) in [5.41, 5.74) is 2.34. The molecule has 1 aromatic heterocycles. The Morgan fingerprint density at radius 2 is 1.77 bits per heavy atom. The number of unbranched alkanes of at least 4 members (excludes halogenated alkanes) is 2. The number of phenols is 1. The Hall–Kier alpha value is -3.03. The largest absolute Gasteiger partial charge is 0.508 e. The predicted molar refractivity (Wildman–Crippen MR) is 175 cm³/mol. The van der Waals surface area contributed by atoms with Crippen molar-refractivity contribution in [2.24, 2.45) is 22.9 Å². The maximum Gasteiger partial charge on any atom is 0.238 e. The molecule has 1 aromatic carbocycles. The number of aromatic hydroxyl groups is 1. The van der Waals surface area contributed by atoms with Gasteiger partial charge in [-0.15, -0.1) is 5.10 Å². The fourth-order valence-corrected chi connectivity index (χ4v) is 7.58. The lowest BCUT2D eigenvalue weighted by Gasteiger charge is -2.57. The molecule has 260 valence electrons. The summed E-state index contributed by atoms with van der Waals surface area (Å²) >= 11 is 0. The van der Waals surface area contributed by atoms with Crippen LogP contribution in [0, 0.1) is 17.8 Å². The van der Waals surface area contributed by atoms with Crippen LogP contribution in [0.4, 0.5) is 0 Å². The standard InChI is InChI=1S/C35H52N4O8/c1-6-44-33(45-7-2)28-21-36-38-39(28)30-20-27(37-47-34(3,4)5)25-18-22(12-8-10-16-40)24(13-9-11-17-41)31-26-19-23(42)14-15-29(26)46-35(30,43)32(25)31/h14-15,18-19,21-22,24,30-33,40-43H,6-13,16-17,20H2,1-5H3/t22-,24+,30-,31+,32+,35+/m0/s1. The van der Waals surface area contributed by atoms with Crippen LogP contribution >= 0.6 is 0 Å². The summed E-state index contributed by atoms with van der Waals surface area (Å²) in [5.74, 6) is -1.90. The zero-order chi connectivity index (χ0) is 33.8. The normalized spacial score (nSPS) is 27.7. The highest BCUT2D eigenvalue weighted by Crippen LogP contribution is 2.62. The molecule has 2 aromatic rings. The molecular formula is C35H52N4O8. The van der Waals surface area contributed by atoms with Gasteiger partial charge in [0.05, 0.1) is 17.8 Å². The Morgan fingerprint density at radius 3 is 2.43 bits per heavy atom. The number of hydrogen-bond donors (Lipinski definition) is 4. The third-order valence-corrected chi connectivity index (χ3v) is 9.46. The van der Waals surface area contributed by atoms with Crippen LogP contribution in [-0.4, -0.2) is 78.9 Å². The summed E-state index contributed by atoms with van der Waals surface area (Å²) in [6.45, 7) is 10.6. The van der Waals surface area contributed by atoms with Crippen LogP contribution in [-0.2, 0) is 14.3 Å². The lowest BCUT2D eigenvalue weighted by atomic mass is 9.55. The summed E-state index contributed by atoms with van der Waals surface area (Å²) in [7, 11) is 0. The van der Waals surface area contributed by atoms with Crippen molar-refractivity contribution in [1.82, 2.24) is 15.0 Å². The molecule has 1 saturated carbocycles. The monoisotopic (exact) mass is 656 g/mol. The lowest BCUT2D eigenvalue weighted by molar-refractivity contribution is -0.227. The highest BCUT2D eigenvalue weighted by Gasteiger charge is 2.63. The van der Waals surface area contributed by atoms with E-state index in [1.54, 1.807) is 29.1 Å². The van der Waals surface area contributed by atoms with Gasteiger partial charge in [0.2, 0.25) is 12.1 Å². The third-order valence-electron chi connectivity index (χ3n) is 9.46. The number of phenolic OH excluding ortho intramolecular Hbond substituents is 1. The van der Waals surface area contributed by atoms with Crippen LogP contribution in [0.1, 0.15) is 109 Å². The Balaban J connectivity index is 1.73. The maximum atomic E-state index is 13.1. The van der Waals surface area contributed by atoms with Gasteiger partial charge in [0, 0.05) is 44.3 Å². The Labute approximate surface area is 277 Å². The Kier molecular flexibility index (Phi) is 11.3. The summed E-state index contributed by atoms with van der Waals surface area (Å²) in [6, 6.07) is 4.25. The van der Waals surface area contributed by atoms with Crippen LogP contribution in [0.15, 0.2) is 41.2 Å². The fourth-order valence-electron chi connectivity index (χ4n) is 7.58. The summed E-state index contributed by atoms with van der Waals surface area (Å²) in [5, 5.41) is 56.5. The highest BCUT2D eigenvalue weighted by molar-refractivity contribution is 6.02. The number of oxime groups is 1. The van der Waals surface area contributed by atoms with Crippen molar-refractivity contribution in [2.45, 2.75) is 109 Å². The smallest absolute Gasteiger partial charge is 0.238 e. The average Bonchev–Trinajstić information content (AvgIpc) is 3.51. The molecule has 4 N–H and O–H groups in total. The van der Waals surface area contributed by atoms with Crippen molar-refractivity contribution in [1.29, 1.82) is 0 Å². The number of nitrogens with zero attached hydrogens (tertiary/aromatic N) is 4. The van der Waals surface area contributed by atoms with E-state index in [1.807, 2.05) is 34.6 Å². The molecule has 5 rings (SSSR count). The molecule has 6 atom stereocenters. The number of ether oxygens (including phenoxy) is 3. The number of benzene rings is 1. The van der Waals surface area contributed by atoms with Gasteiger partial charge >= 0.3 is 0 Å². The number of aliphatic hydroxyl groups is 3. The topological polar surface area (TPSA) is 161 Å². The van der Waals surface area contributed by atoms with E-state index in [2.05, 4.69) is 16.4 Å². The molecule has 1 fully saturated rings. The van der Waals surface area contributed by atoms with Gasteiger partial charge in [-0.25, -0.2) is 4.68 Å². The maximum absolute atomic E-state index is 13.1. The molecule has 3 aliphatic rings. The second-order valence-corrected chi connectivity index (χ2v) is 13.8. The molecule has 0 spiro atoms. The zero-order valence-corrected chi connectivity index (χ0v) is 28.3. The summed E-state index contributed by atoms with van der Waals surface area (Å²) < 4.78 is 20.2. The van der Waals surface area contributed by atoms with Crippen molar-refractivity contribution in [3.63, 3.8) is 0 Å². The first-order valence-corrected chi connectivity index (χ1v) is 17.1. The molecule has 2 aliphatic carbocycles. The molecule has 47 heavy (non-hydrogen) atoms. The lowest BCUT2D eigenvalue weighted by Crippen LogP contribution is -2.62. The van der Waals surface area contributed by atoms with Crippen molar-refractivity contribution < 1.29 is 39.5 Å². The van der Waals surface area contributed by atoms with Gasteiger partial charge in [-0.05, 0) is 95.9 Å². The quantitative estimate of drug-likeness (QED) is 0.115. The minimum atomic E-state index is -1.79. The SMILES string of the molecule is CCOC(OCC)c1cnnn1[C@H]1CC(=NOC(C)(C)C)C2=C[C@H](CCCCO)[C@@H](CCCCO)[C@@H]3c4cc(O)ccc4O[C@@]1(O)[C@H]23. The number of hydrogen-bond acceptors (Lipinski definition) is 11. The van der Waals surface area contributed by atoms with Gasteiger partial charge in [0.25, 0.3) is 0 Å². The average molecular weight is 657 g/mol. The van der Waals surface area contributed by atoms with Gasteiger partial charge in [0.15, 0.2) is 0 Å². The molecule has 12 nitrogen and oxygen atoms in total. The van der Waals surface area contributed by atoms with Gasteiger partial charge in [0.1, 0.15) is 28.8 Å².